The largest absolute Gasteiger partial charge is 0.305 e. The summed E-state index contributed by atoms with van der Waals surface area (Å²) < 4.78 is 0. The van der Waals surface area contributed by atoms with Gasteiger partial charge in [0.15, 0.2) is 0 Å². The van der Waals surface area contributed by atoms with Crippen molar-refractivity contribution >= 4 is 0 Å². The summed E-state index contributed by atoms with van der Waals surface area (Å²) in [5, 5.41) is 0. The number of aryl methyl sites for hydroxylation is 2. The highest BCUT2D eigenvalue weighted by Crippen LogP contribution is 2.32. The van der Waals surface area contributed by atoms with Gasteiger partial charge in [-0.1, -0.05) is 42.5 Å². The van der Waals surface area contributed by atoms with Gasteiger partial charge >= 0.3 is 0 Å². The maximum absolute atomic E-state index is 2.46. The van der Waals surface area contributed by atoms with Gasteiger partial charge in [0.2, 0.25) is 0 Å². The maximum atomic E-state index is 2.46. The SMILES string of the molecule is Cc1cc2c(cc1C)C(c1ccccc1)CN(C)CC2. The van der Waals surface area contributed by atoms with Crippen LogP contribution in [0.15, 0.2) is 42.5 Å². The highest BCUT2D eigenvalue weighted by molar-refractivity contribution is 5.44. The number of benzene rings is 2. The lowest BCUT2D eigenvalue weighted by molar-refractivity contribution is 0.338. The molecule has 0 radical (unpaired) electrons. The minimum absolute atomic E-state index is 0.498. The Morgan fingerprint density at radius 2 is 1.70 bits per heavy atom. The van der Waals surface area contributed by atoms with E-state index in [4.69, 9.17) is 0 Å². The minimum Gasteiger partial charge on any atom is -0.305 e. The maximum Gasteiger partial charge on any atom is 0.0219 e. The lowest BCUT2D eigenvalue weighted by atomic mass is 9.86. The van der Waals surface area contributed by atoms with Gasteiger partial charge in [-0.25, -0.2) is 0 Å². The summed E-state index contributed by atoms with van der Waals surface area (Å²) in [6.45, 7) is 6.71. The number of nitrogens with zero attached hydrogens (tertiary/aromatic N) is 1. The standard InChI is InChI=1S/C19H23N/c1-14-11-17-9-10-20(3)13-19(18(17)12-15(14)2)16-7-5-4-6-8-16/h4-8,11-12,19H,9-10,13H2,1-3H3. The normalized spacial score (nSPS) is 19.4. The molecule has 1 aliphatic rings. The molecule has 1 aliphatic heterocycles. The Balaban J connectivity index is 2.12. The fourth-order valence-electron chi connectivity index (χ4n) is 3.22. The van der Waals surface area contributed by atoms with Crippen molar-refractivity contribution in [3.8, 4) is 0 Å². The van der Waals surface area contributed by atoms with Crippen LogP contribution in [0.1, 0.15) is 33.7 Å². The molecule has 0 fully saturated rings. The van der Waals surface area contributed by atoms with Crippen LogP contribution in [0, 0.1) is 13.8 Å². The predicted octanol–water partition coefficient (Wildman–Crippen LogP) is 3.92. The number of rotatable bonds is 1. The Bertz CT molecular complexity index is 601. The van der Waals surface area contributed by atoms with Gasteiger partial charge in [-0.15, -0.1) is 0 Å². The molecule has 20 heavy (non-hydrogen) atoms. The average Bonchev–Trinajstić information content (AvgIpc) is 2.61. The van der Waals surface area contributed by atoms with Crippen molar-refractivity contribution in [1.29, 1.82) is 0 Å². The first-order chi connectivity index (χ1) is 9.65. The molecular weight excluding hydrogens is 242 g/mol. The van der Waals surface area contributed by atoms with Gasteiger partial charge in [-0.3, -0.25) is 0 Å². The summed E-state index contributed by atoms with van der Waals surface area (Å²) >= 11 is 0. The molecule has 0 saturated carbocycles. The van der Waals surface area contributed by atoms with E-state index in [2.05, 4.69) is 68.3 Å². The number of hydrogen-bond donors (Lipinski definition) is 0. The number of likely N-dealkylation sites (N-methyl/N-ethyl adjacent to an activating group) is 1. The minimum atomic E-state index is 0.498. The molecule has 0 aromatic heterocycles. The first-order valence-electron chi connectivity index (χ1n) is 7.48. The third-order valence-corrected chi connectivity index (χ3v) is 4.59. The smallest absolute Gasteiger partial charge is 0.0219 e. The van der Waals surface area contributed by atoms with Gasteiger partial charge < -0.3 is 4.90 Å². The van der Waals surface area contributed by atoms with Gasteiger partial charge in [-0.2, -0.15) is 0 Å². The van der Waals surface area contributed by atoms with Crippen molar-refractivity contribution in [1.82, 2.24) is 4.90 Å². The van der Waals surface area contributed by atoms with E-state index in [9.17, 15) is 0 Å². The van der Waals surface area contributed by atoms with Crippen LogP contribution in [-0.4, -0.2) is 25.0 Å². The first kappa shape index (κ1) is 13.4. The Kier molecular flexibility index (Phi) is 3.62. The van der Waals surface area contributed by atoms with E-state index >= 15 is 0 Å². The van der Waals surface area contributed by atoms with Crippen LogP contribution in [-0.2, 0) is 6.42 Å². The summed E-state index contributed by atoms with van der Waals surface area (Å²) in [6.07, 6.45) is 1.16. The molecule has 1 heterocycles. The van der Waals surface area contributed by atoms with E-state index in [1.807, 2.05) is 0 Å². The molecule has 3 rings (SSSR count). The molecular formula is C19H23N. The monoisotopic (exact) mass is 265 g/mol. The highest BCUT2D eigenvalue weighted by Gasteiger charge is 2.23. The second-order valence-electron chi connectivity index (χ2n) is 6.11. The zero-order valence-corrected chi connectivity index (χ0v) is 12.7. The lowest BCUT2D eigenvalue weighted by Crippen LogP contribution is -2.24. The van der Waals surface area contributed by atoms with E-state index in [0.29, 0.717) is 5.92 Å². The van der Waals surface area contributed by atoms with Crippen LogP contribution >= 0.6 is 0 Å². The molecule has 1 nitrogen and oxygen atoms in total. The molecule has 0 N–H and O–H groups in total. The second-order valence-corrected chi connectivity index (χ2v) is 6.11. The zero-order valence-electron chi connectivity index (χ0n) is 12.7. The van der Waals surface area contributed by atoms with Crippen LogP contribution in [0.2, 0.25) is 0 Å². The molecule has 0 spiro atoms. The van der Waals surface area contributed by atoms with Gasteiger partial charge in [0.05, 0.1) is 0 Å². The van der Waals surface area contributed by atoms with Crippen LogP contribution in [0.4, 0.5) is 0 Å². The van der Waals surface area contributed by atoms with E-state index in [-0.39, 0.29) is 0 Å². The molecule has 1 atom stereocenters. The van der Waals surface area contributed by atoms with Crippen LogP contribution < -0.4 is 0 Å². The molecule has 2 aromatic rings. The molecule has 0 aliphatic carbocycles. The fourth-order valence-corrected chi connectivity index (χ4v) is 3.22. The number of fused-ring (bicyclic) bond motifs is 1. The van der Waals surface area contributed by atoms with Crippen molar-refractivity contribution in [3.63, 3.8) is 0 Å². The van der Waals surface area contributed by atoms with Gasteiger partial charge in [-0.05, 0) is 55.1 Å². The van der Waals surface area contributed by atoms with Gasteiger partial charge in [0, 0.05) is 19.0 Å². The predicted molar refractivity (Wildman–Crippen MR) is 85.4 cm³/mol. The average molecular weight is 265 g/mol. The zero-order chi connectivity index (χ0) is 14.1. The first-order valence-corrected chi connectivity index (χ1v) is 7.48. The summed E-state index contributed by atoms with van der Waals surface area (Å²) in [5.74, 6) is 0.498. The lowest BCUT2D eigenvalue weighted by Gasteiger charge is -2.22. The Morgan fingerprint density at radius 1 is 1.00 bits per heavy atom. The molecule has 0 bridgehead atoms. The van der Waals surface area contributed by atoms with Crippen molar-refractivity contribution in [2.75, 3.05) is 20.1 Å². The molecule has 1 heteroatoms. The summed E-state index contributed by atoms with van der Waals surface area (Å²) in [6, 6.07) is 15.8. The van der Waals surface area contributed by atoms with E-state index in [0.717, 1.165) is 19.5 Å². The molecule has 2 aromatic carbocycles. The van der Waals surface area contributed by atoms with Crippen molar-refractivity contribution in [3.05, 3.63) is 70.3 Å². The van der Waals surface area contributed by atoms with E-state index in [1.54, 1.807) is 0 Å². The van der Waals surface area contributed by atoms with Crippen molar-refractivity contribution < 1.29 is 0 Å². The van der Waals surface area contributed by atoms with Crippen LogP contribution in [0.3, 0.4) is 0 Å². The summed E-state index contributed by atoms with van der Waals surface area (Å²) in [5.41, 5.74) is 7.33. The summed E-state index contributed by atoms with van der Waals surface area (Å²) in [4.78, 5) is 2.46. The molecule has 104 valence electrons. The number of hydrogen-bond acceptors (Lipinski definition) is 1. The van der Waals surface area contributed by atoms with E-state index < -0.39 is 0 Å². The quantitative estimate of drug-likeness (QED) is 0.755. The Hall–Kier alpha value is -1.60. The highest BCUT2D eigenvalue weighted by atomic mass is 15.1. The van der Waals surface area contributed by atoms with Crippen LogP contribution in [0.25, 0.3) is 0 Å². The van der Waals surface area contributed by atoms with Crippen LogP contribution in [0.5, 0.6) is 0 Å². The van der Waals surface area contributed by atoms with Crippen molar-refractivity contribution in [2.45, 2.75) is 26.2 Å². The molecule has 0 saturated heterocycles. The van der Waals surface area contributed by atoms with Gasteiger partial charge in [0.1, 0.15) is 0 Å². The Labute approximate surface area is 122 Å². The van der Waals surface area contributed by atoms with Gasteiger partial charge in [0.25, 0.3) is 0 Å². The van der Waals surface area contributed by atoms with Crippen molar-refractivity contribution in [2.24, 2.45) is 0 Å². The Morgan fingerprint density at radius 3 is 2.45 bits per heavy atom. The molecule has 0 amide bonds. The summed E-state index contributed by atoms with van der Waals surface area (Å²) in [7, 11) is 2.24. The topological polar surface area (TPSA) is 3.24 Å². The third kappa shape index (κ3) is 2.51. The second kappa shape index (κ2) is 5.41. The fraction of sp³-hybridized carbons (Fsp3) is 0.368. The molecule has 1 unspecified atom stereocenters. The van der Waals surface area contributed by atoms with E-state index in [1.165, 1.54) is 27.8 Å². The third-order valence-electron chi connectivity index (χ3n) is 4.59.